The zero-order valence-electron chi connectivity index (χ0n) is 14.7. The van der Waals surface area contributed by atoms with Crippen molar-refractivity contribution in [1.82, 2.24) is 14.9 Å². The first kappa shape index (κ1) is 16.9. The average Bonchev–Trinajstić information content (AvgIpc) is 2.73. The fourth-order valence-electron chi connectivity index (χ4n) is 3.54. The van der Waals surface area contributed by atoms with Crippen LogP contribution >= 0.6 is 0 Å². The van der Waals surface area contributed by atoms with E-state index < -0.39 is 0 Å². The molecular formula is C19H23N5O2. The summed E-state index contributed by atoms with van der Waals surface area (Å²) < 4.78 is 5.32. The molecule has 0 radical (unpaired) electrons. The Kier molecular flexibility index (Phi) is 4.81. The Morgan fingerprint density at radius 1 is 1.12 bits per heavy atom. The predicted octanol–water partition coefficient (Wildman–Crippen LogP) is 1.28. The molecule has 7 nitrogen and oxygen atoms in total. The van der Waals surface area contributed by atoms with Crippen molar-refractivity contribution in [3.63, 3.8) is 0 Å². The van der Waals surface area contributed by atoms with Gasteiger partial charge in [-0.2, -0.15) is 0 Å². The lowest BCUT2D eigenvalue weighted by Gasteiger charge is -2.29. The number of aromatic nitrogens is 2. The van der Waals surface area contributed by atoms with Crippen LogP contribution in [-0.4, -0.2) is 60.3 Å². The molecule has 2 N–H and O–H groups in total. The predicted molar refractivity (Wildman–Crippen MR) is 98.9 cm³/mol. The van der Waals surface area contributed by atoms with Gasteiger partial charge in [0.1, 0.15) is 5.82 Å². The van der Waals surface area contributed by atoms with Gasteiger partial charge in [-0.25, -0.2) is 4.98 Å². The van der Waals surface area contributed by atoms with Crippen LogP contribution in [0.15, 0.2) is 30.7 Å². The molecule has 2 aromatic heterocycles. The van der Waals surface area contributed by atoms with Gasteiger partial charge in [-0.15, -0.1) is 0 Å². The molecule has 0 aliphatic carbocycles. The number of hydrogen-bond donors (Lipinski definition) is 1. The Morgan fingerprint density at radius 2 is 1.92 bits per heavy atom. The molecule has 1 saturated heterocycles. The van der Waals surface area contributed by atoms with Crippen LogP contribution in [0.5, 0.6) is 0 Å². The molecule has 0 spiro atoms. The van der Waals surface area contributed by atoms with E-state index in [9.17, 15) is 4.79 Å². The van der Waals surface area contributed by atoms with Gasteiger partial charge in [0.15, 0.2) is 0 Å². The van der Waals surface area contributed by atoms with Gasteiger partial charge in [0.2, 0.25) is 0 Å². The second-order valence-corrected chi connectivity index (χ2v) is 6.62. The van der Waals surface area contributed by atoms with Crippen LogP contribution < -0.4 is 10.6 Å². The van der Waals surface area contributed by atoms with Crippen molar-refractivity contribution in [3.05, 3.63) is 41.9 Å². The maximum atomic E-state index is 12.7. The minimum absolute atomic E-state index is 0.00266. The highest BCUT2D eigenvalue weighted by atomic mass is 16.5. The van der Waals surface area contributed by atoms with Gasteiger partial charge in [-0.3, -0.25) is 9.78 Å². The average molecular weight is 353 g/mol. The number of carbonyl (C=O) groups excluding carboxylic acids is 1. The van der Waals surface area contributed by atoms with Crippen LogP contribution in [0.4, 0.5) is 5.82 Å². The molecule has 1 amide bonds. The second kappa shape index (κ2) is 7.39. The summed E-state index contributed by atoms with van der Waals surface area (Å²) in [5, 5.41) is 0. The number of amides is 1. The third kappa shape index (κ3) is 3.27. The summed E-state index contributed by atoms with van der Waals surface area (Å²) in [4.78, 5) is 25.5. The maximum Gasteiger partial charge on any atom is 0.255 e. The molecule has 7 heteroatoms. The van der Waals surface area contributed by atoms with Crippen molar-refractivity contribution in [1.29, 1.82) is 0 Å². The molecule has 0 atom stereocenters. The Hall–Kier alpha value is -2.51. The lowest BCUT2D eigenvalue weighted by Crippen LogP contribution is -2.40. The number of hydrogen-bond acceptors (Lipinski definition) is 6. The number of fused-ring (bicyclic) bond motifs is 1. The maximum absolute atomic E-state index is 12.7. The number of morpholine rings is 1. The summed E-state index contributed by atoms with van der Waals surface area (Å²) >= 11 is 0. The van der Waals surface area contributed by atoms with Crippen molar-refractivity contribution in [2.75, 3.05) is 44.4 Å². The zero-order valence-corrected chi connectivity index (χ0v) is 14.7. The minimum Gasteiger partial charge on any atom is -0.378 e. The van der Waals surface area contributed by atoms with E-state index in [1.165, 1.54) is 5.56 Å². The molecule has 0 aromatic carbocycles. The molecule has 136 valence electrons. The number of aryl methyl sites for hydroxylation is 1. The Labute approximate surface area is 152 Å². The third-order valence-electron chi connectivity index (χ3n) is 4.95. The first-order valence-electron chi connectivity index (χ1n) is 9.02. The van der Waals surface area contributed by atoms with Crippen molar-refractivity contribution in [3.8, 4) is 11.1 Å². The van der Waals surface area contributed by atoms with Gasteiger partial charge in [-0.05, 0) is 30.5 Å². The number of nitrogens with two attached hydrogens (primary N) is 1. The SMILES string of the molecule is NCN1CCCc2cc(-c3cncc(C(=O)N4CCOCC4)c3)cnc21. The van der Waals surface area contributed by atoms with E-state index in [0.717, 1.165) is 36.3 Å². The van der Waals surface area contributed by atoms with Crippen LogP contribution in [-0.2, 0) is 11.2 Å². The summed E-state index contributed by atoms with van der Waals surface area (Å²) in [6.07, 6.45) is 7.31. The number of nitrogens with zero attached hydrogens (tertiary/aromatic N) is 4. The second-order valence-electron chi connectivity index (χ2n) is 6.62. The summed E-state index contributed by atoms with van der Waals surface area (Å²) in [6, 6.07) is 4.04. The number of rotatable bonds is 3. The van der Waals surface area contributed by atoms with Gasteiger partial charge in [-0.1, -0.05) is 0 Å². The van der Waals surface area contributed by atoms with E-state index in [1.54, 1.807) is 12.4 Å². The van der Waals surface area contributed by atoms with Crippen LogP contribution in [0.3, 0.4) is 0 Å². The number of ether oxygens (including phenoxy) is 1. The van der Waals surface area contributed by atoms with Gasteiger partial charge in [0.05, 0.1) is 25.4 Å². The monoisotopic (exact) mass is 353 g/mol. The lowest BCUT2D eigenvalue weighted by atomic mass is 10.0. The quantitative estimate of drug-likeness (QED) is 0.895. The number of pyridine rings is 2. The summed E-state index contributed by atoms with van der Waals surface area (Å²) in [7, 11) is 0. The van der Waals surface area contributed by atoms with E-state index >= 15 is 0 Å². The first-order valence-corrected chi connectivity index (χ1v) is 9.02. The van der Waals surface area contributed by atoms with E-state index in [1.807, 2.05) is 17.2 Å². The van der Waals surface area contributed by atoms with Gasteiger partial charge in [0, 0.05) is 49.4 Å². The summed E-state index contributed by atoms with van der Waals surface area (Å²) in [6.45, 7) is 3.85. The highest BCUT2D eigenvalue weighted by molar-refractivity contribution is 5.95. The van der Waals surface area contributed by atoms with Crippen LogP contribution in [0.25, 0.3) is 11.1 Å². The Morgan fingerprint density at radius 3 is 2.73 bits per heavy atom. The highest BCUT2D eigenvalue weighted by Crippen LogP contribution is 2.29. The van der Waals surface area contributed by atoms with Crippen LogP contribution in [0.1, 0.15) is 22.3 Å². The molecule has 26 heavy (non-hydrogen) atoms. The molecule has 2 aliphatic heterocycles. The standard InChI is InChI=1S/C19H23N5O2/c20-13-24-3-1-2-14-8-16(12-22-18(14)24)15-9-17(11-21-10-15)19(25)23-4-6-26-7-5-23/h8-12H,1-7,13,20H2. The van der Waals surface area contributed by atoms with Crippen molar-refractivity contribution < 1.29 is 9.53 Å². The first-order chi connectivity index (χ1) is 12.8. The van der Waals surface area contributed by atoms with E-state index in [4.69, 9.17) is 10.5 Å². The molecule has 0 bridgehead atoms. The fourth-order valence-corrected chi connectivity index (χ4v) is 3.54. The molecule has 4 heterocycles. The number of carbonyl (C=O) groups is 1. The van der Waals surface area contributed by atoms with Crippen molar-refractivity contribution in [2.24, 2.45) is 5.73 Å². The third-order valence-corrected chi connectivity index (χ3v) is 4.95. The normalized spacial score (nSPS) is 17.1. The Bertz CT molecular complexity index is 804. The van der Waals surface area contributed by atoms with Gasteiger partial charge < -0.3 is 20.3 Å². The molecule has 1 fully saturated rings. The summed E-state index contributed by atoms with van der Waals surface area (Å²) in [5.74, 6) is 0.971. The molecule has 0 saturated carbocycles. The number of anilines is 1. The van der Waals surface area contributed by atoms with Gasteiger partial charge >= 0.3 is 0 Å². The smallest absolute Gasteiger partial charge is 0.255 e. The highest BCUT2D eigenvalue weighted by Gasteiger charge is 2.20. The topological polar surface area (TPSA) is 84.6 Å². The van der Waals surface area contributed by atoms with E-state index in [0.29, 0.717) is 38.5 Å². The van der Waals surface area contributed by atoms with Gasteiger partial charge in [0.25, 0.3) is 5.91 Å². The largest absolute Gasteiger partial charge is 0.378 e. The Balaban J connectivity index is 1.61. The lowest BCUT2D eigenvalue weighted by molar-refractivity contribution is 0.0302. The molecule has 4 rings (SSSR count). The van der Waals surface area contributed by atoms with Crippen molar-refractivity contribution in [2.45, 2.75) is 12.8 Å². The van der Waals surface area contributed by atoms with Crippen LogP contribution in [0, 0.1) is 0 Å². The zero-order chi connectivity index (χ0) is 17.9. The molecule has 2 aromatic rings. The molecule has 2 aliphatic rings. The minimum atomic E-state index is 0.00266. The van der Waals surface area contributed by atoms with E-state index in [-0.39, 0.29) is 5.91 Å². The van der Waals surface area contributed by atoms with E-state index in [2.05, 4.69) is 20.9 Å². The fraction of sp³-hybridized carbons (Fsp3) is 0.421. The summed E-state index contributed by atoms with van der Waals surface area (Å²) in [5.41, 5.74) is 9.50. The molecule has 0 unspecified atom stereocenters. The van der Waals surface area contributed by atoms with Crippen molar-refractivity contribution >= 4 is 11.7 Å². The van der Waals surface area contributed by atoms with Crippen LogP contribution in [0.2, 0.25) is 0 Å². The molecular weight excluding hydrogens is 330 g/mol.